The lowest BCUT2D eigenvalue weighted by molar-refractivity contribution is 0.220. The van der Waals surface area contributed by atoms with Gasteiger partial charge in [0, 0.05) is 36.1 Å². The number of H-pyrrole nitrogens is 2. The van der Waals surface area contributed by atoms with E-state index in [4.69, 9.17) is 0 Å². The number of hydrogen-bond donors (Lipinski definition) is 2. The molecule has 0 saturated carbocycles. The topological polar surface area (TPSA) is 73.5 Å². The van der Waals surface area contributed by atoms with E-state index in [-0.39, 0.29) is 5.82 Å². The van der Waals surface area contributed by atoms with E-state index in [0.29, 0.717) is 0 Å². The number of halogens is 1. The van der Waals surface area contributed by atoms with Gasteiger partial charge in [0.1, 0.15) is 11.5 Å². The Morgan fingerprint density at radius 2 is 1.74 bits per heavy atom. The lowest BCUT2D eigenvalue weighted by Gasteiger charge is -2.26. The Labute approximate surface area is 196 Å². The average Bonchev–Trinajstić information content (AvgIpc) is 3.53. The van der Waals surface area contributed by atoms with Crippen LogP contribution in [0.25, 0.3) is 44.8 Å². The van der Waals surface area contributed by atoms with E-state index < -0.39 is 0 Å². The molecule has 0 amide bonds. The molecule has 2 N–H and O–H groups in total. The molecular formula is C27H25FN6. The molecule has 1 saturated heterocycles. The maximum Gasteiger partial charge on any atom is 0.138 e. The summed E-state index contributed by atoms with van der Waals surface area (Å²) < 4.78 is 13.4. The first kappa shape index (κ1) is 20.7. The van der Waals surface area contributed by atoms with Crippen LogP contribution in [0.15, 0.2) is 67.1 Å². The summed E-state index contributed by atoms with van der Waals surface area (Å²) >= 11 is 0. The highest BCUT2D eigenvalue weighted by Crippen LogP contribution is 2.32. The molecule has 5 aromatic rings. The SMILES string of the molecule is Fc1ccc(-c2ccnc3[nH]c(-c4cc(-c5cncc(CN6CCCCC6)c5)n[nH]4)cc23)cc1. The molecule has 1 fully saturated rings. The largest absolute Gasteiger partial charge is 0.338 e. The van der Waals surface area contributed by atoms with E-state index in [9.17, 15) is 4.39 Å². The molecule has 7 heteroatoms. The van der Waals surface area contributed by atoms with Crippen LogP contribution in [0.2, 0.25) is 0 Å². The van der Waals surface area contributed by atoms with Gasteiger partial charge in [-0.15, -0.1) is 0 Å². The first-order valence-corrected chi connectivity index (χ1v) is 11.7. The monoisotopic (exact) mass is 452 g/mol. The first-order valence-electron chi connectivity index (χ1n) is 11.7. The Kier molecular flexibility index (Phi) is 5.39. The van der Waals surface area contributed by atoms with Crippen molar-refractivity contribution in [3.63, 3.8) is 0 Å². The Balaban J connectivity index is 1.29. The van der Waals surface area contributed by atoms with Crippen molar-refractivity contribution in [2.45, 2.75) is 25.8 Å². The van der Waals surface area contributed by atoms with Crippen LogP contribution in [0, 0.1) is 5.82 Å². The summed E-state index contributed by atoms with van der Waals surface area (Å²) in [6, 6.07) is 14.7. The molecule has 4 aromatic heterocycles. The van der Waals surface area contributed by atoms with Crippen molar-refractivity contribution in [2.24, 2.45) is 0 Å². The minimum absolute atomic E-state index is 0.247. The molecule has 0 radical (unpaired) electrons. The van der Waals surface area contributed by atoms with Gasteiger partial charge in [0.05, 0.1) is 17.1 Å². The van der Waals surface area contributed by atoms with Crippen molar-refractivity contribution in [2.75, 3.05) is 13.1 Å². The van der Waals surface area contributed by atoms with E-state index in [1.54, 1.807) is 18.3 Å². The van der Waals surface area contributed by atoms with Crippen LogP contribution >= 0.6 is 0 Å². The van der Waals surface area contributed by atoms with Crippen molar-refractivity contribution in [3.8, 4) is 33.8 Å². The maximum atomic E-state index is 13.4. The highest BCUT2D eigenvalue weighted by molar-refractivity contribution is 5.96. The number of rotatable bonds is 5. The van der Waals surface area contributed by atoms with Gasteiger partial charge in [-0.1, -0.05) is 18.6 Å². The quantitative estimate of drug-likeness (QED) is 0.353. The highest BCUT2D eigenvalue weighted by Gasteiger charge is 2.14. The standard InChI is InChI=1S/C27H25FN6/c28-21-6-4-19(5-7-21)22-8-9-30-27-23(22)13-25(31-27)26-14-24(32-33-26)20-12-18(15-29-16-20)17-34-10-2-1-3-11-34/h4-9,12-16H,1-3,10-11,17H2,(H,30,31)(H,32,33). The van der Waals surface area contributed by atoms with Crippen LogP contribution in [-0.4, -0.2) is 43.1 Å². The molecule has 0 spiro atoms. The number of piperidine rings is 1. The van der Waals surface area contributed by atoms with E-state index >= 15 is 0 Å². The lowest BCUT2D eigenvalue weighted by atomic mass is 10.0. The van der Waals surface area contributed by atoms with Gasteiger partial charge in [-0.2, -0.15) is 5.10 Å². The number of aromatic nitrogens is 5. The van der Waals surface area contributed by atoms with Gasteiger partial charge in [0.15, 0.2) is 0 Å². The maximum absolute atomic E-state index is 13.4. The smallest absolute Gasteiger partial charge is 0.138 e. The van der Waals surface area contributed by atoms with Crippen LogP contribution in [0.4, 0.5) is 4.39 Å². The van der Waals surface area contributed by atoms with Crippen molar-refractivity contribution in [1.82, 2.24) is 30.0 Å². The minimum atomic E-state index is -0.247. The van der Waals surface area contributed by atoms with Gasteiger partial charge < -0.3 is 4.98 Å². The fourth-order valence-corrected chi connectivity index (χ4v) is 4.75. The van der Waals surface area contributed by atoms with Gasteiger partial charge in [-0.05, 0) is 79.0 Å². The predicted molar refractivity (Wildman–Crippen MR) is 131 cm³/mol. The fraction of sp³-hybridized carbons (Fsp3) is 0.222. The third-order valence-corrected chi connectivity index (χ3v) is 6.50. The summed E-state index contributed by atoms with van der Waals surface area (Å²) in [6.07, 6.45) is 9.46. The number of aromatic amines is 2. The molecule has 6 rings (SSSR count). The number of nitrogens with zero attached hydrogens (tertiary/aromatic N) is 4. The summed E-state index contributed by atoms with van der Waals surface area (Å²) in [7, 11) is 0. The zero-order valence-electron chi connectivity index (χ0n) is 18.8. The fourth-order valence-electron chi connectivity index (χ4n) is 4.75. The molecule has 5 heterocycles. The zero-order valence-corrected chi connectivity index (χ0v) is 18.8. The van der Waals surface area contributed by atoms with Crippen LogP contribution in [-0.2, 0) is 6.54 Å². The molecule has 0 bridgehead atoms. The molecule has 1 aliphatic heterocycles. The van der Waals surface area contributed by atoms with Gasteiger partial charge in [0.25, 0.3) is 0 Å². The Morgan fingerprint density at radius 1 is 0.882 bits per heavy atom. The molecule has 0 atom stereocenters. The second-order valence-corrected chi connectivity index (χ2v) is 8.90. The van der Waals surface area contributed by atoms with Crippen molar-refractivity contribution in [3.05, 3.63) is 78.5 Å². The first-order chi connectivity index (χ1) is 16.7. The summed E-state index contributed by atoms with van der Waals surface area (Å²) in [5.74, 6) is -0.247. The third-order valence-electron chi connectivity index (χ3n) is 6.50. The van der Waals surface area contributed by atoms with Crippen molar-refractivity contribution < 1.29 is 4.39 Å². The van der Waals surface area contributed by atoms with Crippen LogP contribution < -0.4 is 0 Å². The number of benzene rings is 1. The predicted octanol–water partition coefficient (Wildman–Crippen LogP) is 5.81. The number of likely N-dealkylation sites (tertiary alicyclic amines) is 1. The van der Waals surface area contributed by atoms with E-state index in [0.717, 1.165) is 64.4 Å². The number of pyridine rings is 2. The van der Waals surface area contributed by atoms with E-state index in [1.807, 2.05) is 24.5 Å². The number of fused-ring (bicyclic) bond motifs is 1. The molecule has 170 valence electrons. The summed E-state index contributed by atoms with van der Waals surface area (Å²) in [4.78, 5) is 14.8. The van der Waals surface area contributed by atoms with E-state index in [2.05, 4.69) is 42.2 Å². The van der Waals surface area contributed by atoms with E-state index in [1.165, 1.54) is 37.0 Å². The van der Waals surface area contributed by atoms with Gasteiger partial charge in [-0.3, -0.25) is 15.0 Å². The number of hydrogen-bond acceptors (Lipinski definition) is 4. The summed E-state index contributed by atoms with van der Waals surface area (Å²) in [6.45, 7) is 3.24. The minimum Gasteiger partial charge on any atom is -0.338 e. The van der Waals surface area contributed by atoms with Gasteiger partial charge in [0.2, 0.25) is 0 Å². The molecule has 0 aliphatic carbocycles. The molecule has 6 nitrogen and oxygen atoms in total. The second-order valence-electron chi connectivity index (χ2n) is 8.90. The third kappa shape index (κ3) is 4.10. The van der Waals surface area contributed by atoms with Crippen LogP contribution in [0.3, 0.4) is 0 Å². The molecule has 1 aromatic carbocycles. The Hall–Kier alpha value is -3.84. The molecule has 1 aliphatic rings. The molecule has 0 unspecified atom stereocenters. The summed E-state index contributed by atoms with van der Waals surface area (Å²) in [5, 5.41) is 8.68. The highest BCUT2D eigenvalue weighted by atomic mass is 19.1. The van der Waals surface area contributed by atoms with Gasteiger partial charge >= 0.3 is 0 Å². The normalized spacial score (nSPS) is 14.6. The molecule has 34 heavy (non-hydrogen) atoms. The summed E-state index contributed by atoms with van der Waals surface area (Å²) in [5.41, 5.74) is 7.56. The number of nitrogens with one attached hydrogen (secondary N) is 2. The van der Waals surface area contributed by atoms with Crippen LogP contribution in [0.1, 0.15) is 24.8 Å². The molecular weight excluding hydrogens is 427 g/mol. The van der Waals surface area contributed by atoms with Crippen molar-refractivity contribution in [1.29, 1.82) is 0 Å². The zero-order chi connectivity index (χ0) is 22.9. The Bertz CT molecular complexity index is 1430. The Morgan fingerprint density at radius 3 is 2.59 bits per heavy atom. The lowest BCUT2D eigenvalue weighted by Crippen LogP contribution is -2.29. The van der Waals surface area contributed by atoms with Gasteiger partial charge in [-0.25, -0.2) is 9.37 Å². The second kappa shape index (κ2) is 8.83. The van der Waals surface area contributed by atoms with Crippen molar-refractivity contribution >= 4 is 11.0 Å². The average molecular weight is 453 g/mol. The van der Waals surface area contributed by atoms with Crippen LogP contribution in [0.5, 0.6) is 0 Å².